The summed E-state index contributed by atoms with van der Waals surface area (Å²) in [5.41, 5.74) is 4.67. The number of aryl methyl sites for hydroxylation is 2. The Morgan fingerprint density at radius 3 is 2.44 bits per heavy atom. The summed E-state index contributed by atoms with van der Waals surface area (Å²) in [6, 6.07) is 11.7. The Morgan fingerprint density at radius 1 is 1.15 bits per heavy atom. The zero-order valence-electron chi connectivity index (χ0n) is 17.2. The Bertz CT molecular complexity index is 699. The molecule has 1 fully saturated rings. The van der Waals surface area contributed by atoms with Crippen LogP contribution in [0.2, 0.25) is 0 Å². The third-order valence-corrected chi connectivity index (χ3v) is 5.47. The van der Waals surface area contributed by atoms with Gasteiger partial charge in [0, 0.05) is 24.8 Å². The van der Waals surface area contributed by atoms with Crippen molar-refractivity contribution in [1.82, 2.24) is 15.2 Å². The fourth-order valence-corrected chi connectivity index (χ4v) is 3.88. The first-order chi connectivity index (χ1) is 13.0. The molecule has 1 N–H and O–H groups in total. The number of nitrogens with zero attached hydrogens (tertiary/aromatic N) is 2. The smallest absolute Gasteiger partial charge is 0.130 e. The van der Waals surface area contributed by atoms with Crippen LogP contribution in [0.25, 0.3) is 0 Å². The van der Waals surface area contributed by atoms with Gasteiger partial charge in [-0.05, 0) is 82.4 Å². The van der Waals surface area contributed by atoms with Gasteiger partial charge in [0.05, 0.1) is 5.69 Å². The Labute approximate surface area is 164 Å². The van der Waals surface area contributed by atoms with Gasteiger partial charge in [0.2, 0.25) is 0 Å². The molecular formula is C23H33N3O. The van der Waals surface area contributed by atoms with Crippen molar-refractivity contribution in [2.75, 3.05) is 13.1 Å². The van der Waals surface area contributed by atoms with E-state index < -0.39 is 0 Å². The van der Waals surface area contributed by atoms with E-state index in [-0.39, 0.29) is 0 Å². The minimum Gasteiger partial charge on any atom is -0.487 e. The first-order valence-corrected chi connectivity index (χ1v) is 10.1. The maximum atomic E-state index is 6.05. The monoisotopic (exact) mass is 367 g/mol. The highest BCUT2D eigenvalue weighted by atomic mass is 16.5. The van der Waals surface area contributed by atoms with Gasteiger partial charge in [-0.25, -0.2) is 0 Å². The molecular weight excluding hydrogens is 334 g/mol. The quantitative estimate of drug-likeness (QED) is 0.794. The van der Waals surface area contributed by atoms with E-state index in [1.807, 2.05) is 18.2 Å². The molecule has 4 nitrogen and oxygen atoms in total. The van der Waals surface area contributed by atoms with Crippen LogP contribution in [-0.4, -0.2) is 35.1 Å². The van der Waals surface area contributed by atoms with E-state index in [0.717, 1.165) is 18.0 Å². The number of aromatic nitrogens is 1. The van der Waals surface area contributed by atoms with Crippen molar-refractivity contribution < 1.29 is 4.74 Å². The summed E-state index contributed by atoms with van der Waals surface area (Å²) in [6.45, 7) is 12.7. The van der Waals surface area contributed by atoms with Crippen LogP contribution >= 0.6 is 0 Å². The van der Waals surface area contributed by atoms with Crippen molar-refractivity contribution in [3.63, 3.8) is 0 Å². The summed E-state index contributed by atoms with van der Waals surface area (Å²) in [7, 11) is 0. The molecule has 2 heterocycles. The highest BCUT2D eigenvalue weighted by Crippen LogP contribution is 2.26. The molecule has 27 heavy (non-hydrogen) atoms. The third-order valence-electron chi connectivity index (χ3n) is 5.47. The van der Waals surface area contributed by atoms with Crippen molar-refractivity contribution in [3.05, 3.63) is 58.9 Å². The summed E-state index contributed by atoms with van der Waals surface area (Å²) in [6.07, 6.45) is 4.28. The van der Waals surface area contributed by atoms with Gasteiger partial charge in [0.15, 0.2) is 0 Å². The normalized spacial score (nSPS) is 16.0. The molecule has 0 spiro atoms. The largest absolute Gasteiger partial charge is 0.487 e. The van der Waals surface area contributed by atoms with Crippen LogP contribution in [0.15, 0.2) is 36.5 Å². The van der Waals surface area contributed by atoms with Gasteiger partial charge in [-0.1, -0.05) is 18.2 Å². The zero-order chi connectivity index (χ0) is 19.2. The number of likely N-dealkylation sites (tertiary alicyclic amines) is 1. The number of benzene rings is 1. The number of nitrogens with one attached hydrogen (secondary N) is 1. The molecule has 146 valence electrons. The minimum absolute atomic E-state index is 0.508. The molecule has 0 amide bonds. The van der Waals surface area contributed by atoms with E-state index in [2.05, 4.69) is 55.0 Å². The average Bonchev–Trinajstić information content (AvgIpc) is 2.67. The predicted molar refractivity (Wildman–Crippen MR) is 111 cm³/mol. The first-order valence-electron chi connectivity index (χ1n) is 10.1. The molecule has 1 aliphatic rings. The van der Waals surface area contributed by atoms with Gasteiger partial charge in [-0.2, -0.15) is 0 Å². The van der Waals surface area contributed by atoms with Gasteiger partial charge in [0.25, 0.3) is 0 Å². The number of hydrogen-bond acceptors (Lipinski definition) is 4. The number of pyridine rings is 1. The van der Waals surface area contributed by atoms with E-state index in [0.29, 0.717) is 18.7 Å². The molecule has 1 aromatic carbocycles. The molecule has 0 bridgehead atoms. The van der Waals surface area contributed by atoms with Crippen LogP contribution in [0.4, 0.5) is 0 Å². The number of piperidine rings is 1. The molecule has 4 heteroatoms. The van der Waals surface area contributed by atoms with Crippen LogP contribution in [-0.2, 0) is 13.2 Å². The van der Waals surface area contributed by atoms with Crippen LogP contribution in [0.1, 0.15) is 49.1 Å². The fraction of sp³-hybridized carbons (Fsp3) is 0.522. The lowest BCUT2D eigenvalue weighted by molar-refractivity contribution is 0.161. The Kier molecular flexibility index (Phi) is 6.86. The van der Waals surface area contributed by atoms with Gasteiger partial charge in [-0.15, -0.1) is 0 Å². The molecule has 0 atom stereocenters. The van der Waals surface area contributed by atoms with Crippen LogP contribution in [0, 0.1) is 13.8 Å². The summed E-state index contributed by atoms with van der Waals surface area (Å²) in [5.74, 6) is 0.981. The predicted octanol–water partition coefficient (Wildman–Crippen LogP) is 4.24. The summed E-state index contributed by atoms with van der Waals surface area (Å²) >= 11 is 0. The Balaban J connectivity index is 1.53. The molecule has 1 aliphatic heterocycles. The number of ether oxygens (including phenoxy) is 1. The Hall–Kier alpha value is -1.91. The van der Waals surface area contributed by atoms with Crippen molar-refractivity contribution in [2.24, 2.45) is 0 Å². The second-order valence-corrected chi connectivity index (χ2v) is 7.95. The first kappa shape index (κ1) is 19.8. The fourth-order valence-electron chi connectivity index (χ4n) is 3.88. The lowest BCUT2D eigenvalue weighted by Gasteiger charge is -2.35. The summed E-state index contributed by atoms with van der Waals surface area (Å²) in [5, 5.41) is 3.75. The highest BCUT2D eigenvalue weighted by Gasteiger charge is 2.20. The van der Waals surface area contributed by atoms with E-state index in [4.69, 9.17) is 4.74 Å². The summed E-state index contributed by atoms with van der Waals surface area (Å²) < 4.78 is 6.05. The van der Waals surface area contributed by atoms with Crippen LogP contribution in [0.5, 0.6) is 5.75 Å². The molecule has 0 unspecified atom stereocenters. The van der Waals surface area contributed by atoms with Crippen LogP contribution in [0.3, 0.4) is 0 Å². The van der Waals surface area contributed by atoms with Crippen molar-refractivity contribution in [1.29, 1.82) is 0 Å². The lowest BCUT2D eigenvalue weighted by atomic mass is 10.0. The van der Waals surface area contributed by atoms with Gasteiger partial charge in [0.1, 0.15) is 12.4 Å². The van der Waals surface area contributed by atoms with Crippen molar-refractivity contribution in [3.8, 4) is 5.75 Å². The minimum atomic E-state index is 0.508. The second-order valence-electron chi connectivity index (χ2n) is 7.95. The van der Waals surface area contributed by atoms with Gasteiger partial charge >= 0.3 is 0 Å². The molecule has 3 rings (SSSR count). The molecule has 0 radical (unpaired) electrons. The van der Waals surface area contributed by atoms with Crippen molar-refractivity contribution in [2.45, 2.75) is 65.8 Å². The average molecular weight is 368 g/mol. The summed E-state index contributed by atoms with van der Waals surface area (Å²) in [4.78, 5) is 6.90. The third kappa shape index (κ3) is 5.53. The topological polar surface area (TPSA) is 37.4 Å². The van der Waals surface area contributed by atoms with E-state index in [1.165, 1.54) is 42.6 Å². The number of rotatable bonds is 7. The molecule has 1 saturated heterocycles. The van der Waals surface area contributed by atoms with Gasteiger partial charge < -0.3 is 15.0 Å². The van der Waals surface area contributed by atoms with Crippen molar-refractivity contribution >= 4 is 0 Å². The van der Waals surface area contributed by atoms with E-state index in [9.17, 15) is 0 Å². The molecule has 2 aromatic rings. The van der Waals surface area contributed by atoms with E-state index >= 15 is 0 Å². The molecule has 0 aliphatic carbocycles. The zero-order valence-corrected chi connectivity index (χ0v) is 17.2. The van der Waals surface area contributed by atoms with E-state index in [1.54, 1.807) is 6.20 Å². The lowest BCUT2D eigenvalue weighted by Crippen LogP contribution is -2.44. The maximum Gasteiger partial charge on any atom is 0.130 e. The van der Waals surface area contributed by atoms with Crippen LogP contribution < -0.4 is 10.1 Å². The SMILES string of the molecule is Cc1cc(CNC2CCN(C(C)C)CC2)cc(C)c1OCc1ccccn1. The molecule has 1 aromatic heterocycles. The Morgan fingerprint density at radius 2 is 1.85 bits per heavy atom. The second kappa shape index (κ2) is 9.34. The molecule has 0 saturated carbocycles. The number of hydrogen-bond donors (Lipinski definition) is 1. The standard InChI is InChI=1S/C23H33N3O/c1-17(2)26-11-8-21(9-12-26)25-15-20-13-18(3)23(19(4)14-20)27-16-22-7-5-6-10-24-22/h5-7,10,13-14,17,21,25H,8-9,11-12,15-16H2,1-4H3. The highest BCUT2D eigenvalue weighted by molar-refractivity contribution is 5.43. The van der Waals surface area contributed by atoms with Gasteiger partial charge in [-0.3, -0.25) is 4.98 Å². The maximum absolute atomic E-state index is 6.05.